The molecule has 0 fully saturated rings. The van der Waals surface area contributed by atoms with Crippen LogP contribution < -0.4 is 21.7 Å². The van der Waals surface area contributed by atoms with Crippen LogP contribution in [0.5, 0.6) is 0 Å². The third-order valence-corrected chi connectivity index (χ3v) is 5.20. The highest BCUT2D eigenvalue weighted by Crippen LogP contribution is 2.11. The van der Waals surface area contributed by atoms with Gasteiger partial charge in [0.05, 0.1) is 12.9 Å². The minimum absolute atomic E-state index is 0.0269. The van der Waals surface area contributed by atoms with Crippen LogP contribution >= 0.6 is 0 Å². The maximum absolute atomic E-state index is 13.0. The van der Waals surface area contributed by atoms with Crippen LogP contribution in [0.1, 0.15) is 38.8 Å². The molecule has 5 atom stereocenters. The highest BCUT2D eigenvalue weighted by atomic mass is 16.4. The van der Waals surface area contributed by atoms with Crippen molar-refractivity contribution in [2.24, 2.45) is 11.7 Å². The van der Waals surface area contributed by atoms with E-state index in [9.17, 15) is 29.1 Å². The van der Waals surface area contributed by atoms with E-state index in [0.717, 1.165) is 0 Å². The molecule has 1 aromatic rings. The lowest BCUT2D eigenvalue weighted by atomic mass is 9.97. The van der Waals surface area contributed by atoms with Gasteiger partial charge in [0.25, 0.3) is 0 Å². The zero-order valence-electron chi connectivity index (χ0n) is 19.0. The van der Waals surface area contributed by atoms with Crippen molar-refractivity contribution in [3.05, 3.63) is 18.2 Å². The maximum atomic E-state index is 13.0. The van der Waals surface area contributed by atoms with Crippen LogP contribution in [0.3, 0.4) is 0 Å². The predicted molar refractivity (Wildman–Crippen MR) is 117 cm³/mol. The molecule has 190 valence electrons. The normalized spacial score (nSPS) is 15.3. The number of carboxylic acid groups (broad SMARTS) is 2. The Morgan fingerprint density at radius 2 is 1.71 bits per heavy atom. The van der Waals surface area contributed by atoms with Crippen LogP contribution in [0.25, 0.3) is 0 Å². The second kappa shape index (κ2) is 13.9. The number of amides is 3. The number of nitrogens with zero attached hydrogens (tertiary/aromatic N) is 1. The largest absolute Gasteiger partial charge is 0.481 e. The van der Waals surface area contributed by atoms with Crippen molar-refractivity contribution >= 4 is 29.7 Å². The molecule has 0 saturated carbocycles. The van der Waals surface area contributed by atoms with Gasteiger partial charge in [-0.2, -0.15) is 0 Å². The Kier molecular flexibility index (Phi) is 11.7. The first-order valence-electron chi connectivity index (χ1n) is 10.7. The van der Waals surface area contributed by atoms with Gasteiger partial charge in [0.15, 0.2) is 0 Å². The fraction of sp³-hybridized carbons (Fsp3) is 0.600. The number of aromatic nitrogens is 2. The number of carboxylic acids is 2. The molecule has 0 bridgehead atoms. The topological polar surface area (TPSA) is 237 Å². The summed E-state index contributed by atoms with van der Waals surface area (Å²) in [6.45, 7) is 2.79. The van der Waals surface area contributed by atoms with E-state index in [0.29, 0.717) is 12.1 Å². The molecule has 14 heteroatoms. The standard InChI is InChI=1S/C20H32N6O8/c1-3-10(2)16(19(32)24-13(20(33)34)4-5-15(28)29)26-18(31)14(6-11-7-22-9-23-11)25-17(30)12(21)8-27/h7,9-10,12-14,16,27H,3-6,8,21H2,1-2H3,(H,22,23)(H,24,32)(H,25,30)(H,26,31)(H,28,29)(H,33,34). The number of nitrogens with two attached hydrogens (primary N) is 1. The van der Waals surface area contributed by atoms with Gasteiger partial charge in [0, 0.05) is 24.7 Å². The summed E-state index contributed by atoms with van der Waals surface area (Å²) < 4.78 is 0. The number of H-pyrrole nitrogens is 1. The molecule has 14 nitrogen and oxygen atoms in total. The number of aliphatic hydroxyl groups is 1. The Balaban J connectivity index is 3.04. The first kappa shape index (κ1) is 28.5. The molecular weight excluding hydrogens is 452 g/mol. The highest BCUT2D eigenvalue weighted by molar-refractivity contribution is 5.94. The van der Waals surface area contributed by atoms with Crippen molar-refractivity contribution < 1.29 is 39.3 Å². The summed E-state index contributed by atoms with van der Waals surface area (Å²) in [6, 6.07) is -5.09. The van der Waals surface area contributed by atoms with Gasteiger partial charge >= 0.3 is 11.9 Å². The summed E-state index contributed by atoms with van der Waals surface area (Å²) in [5, 5.41) is 34.5. The maximum Gasteiger partial charge on any atom is 0.326 e. The van der Waals surface area contributed by atoms with E-state index in [-0.39, 0.29) is 12.8 Å². The van der Waals surface area contributed by atoms with Gasteiger partial charge in [0.2, 0.25) is 17.7 Å². The first-order chi connectivity index (χ1) is 16.0. The van der Waals surface area contributed by atoms with Crippen molar-refractivity contribution in [2.45, 2.75) is 63.7 Å². The van der Waals surface area contributed by atoms with Crippen molar-refractivity contribution in [1.29, 1.82) is 0 Å². The fourth-order valence-corrected chi connectivity index (χ4v) is 2.93. The molecule has 0 spiro atoms. The molecule has 1 aromatic heterocycles. The molecule has 0 aromatic carbocycles. The molecule has 1 rings (SSSR count). The molecule has 0 aliphatic carbocycles. The van der Waals surface area contributed by atoms with Crippen molar-refractivity contribution in [3.63, 3.8) is 0 Å². The number of carbonyl (C=O) groups excluding carboxylic acids is 3. The fourth-order valence-electron chi connectivity index (χ4n) is 2.93. The second-order valence-electron chi connectivity index (χ2n) is 7.83. The van der Waals surface area contributed by atoms with Crippen LogP contribution in [-0.2, 0) is 30.4 Å². The van der Waals surface area contributed by atoms with Gasteiger partial charge in [-0.05, 0) is 12.3 Å². The molecule has 34 heavy (non-hydrogen) atoms. The van der Waals surface area contributed by atoms with E-state index >= 15 is 0 Å². The van der Waals surface area contributed by atoms with E-state index in [4.69, 9.17) is 15.9 Å². The molecule has 0 aliphatic rings. The average Bonchev–Trinajstić information content (AvgIpc) is 3.30. The van der Waals surface area contributed by atoms with Crippen LogP contribution in [0.15, 0.2) is 12.5 Å². The Morgan fingerprint density at radius 1 is 1.06 bits per heavy atom. The lowest BCUT2D eigenvalue weighted by Crippen LogP contribution is -2.59. The number of nitrogens with one attached hydrogen (secondary N) is 4. The Bertz CT molecular complexity index is 846. The van der Waals surface area contributed by atoms with E-state index in [1.54, 1.807) is 13.8 Å². The minimum Gasteiger partial charge on any atom is -0.481 e. The van der Waals surface area contributed by atoms with Crippen molar-refractivity contribution in [2.75, 3.05) is 6.61 Å². The number of carbonyl (C=O) groups is 5. The van der Waals surface area contributed by atoms with E-state index in [2.05, 4.69) is 25.9 Å². The molecule has 9 N–H and O–H groups in total. The van der Waals surface area contributed by atoms with Crippen LogP contribution in [0.2, 0.25) is 0 Å². The van der Waals surface area contributed by atoms with Crippen LogP contribution in [-0.4, -0.2) is 85.7 Å². The van der Waals surface area contributed by atoms with Gasteiger partial charge < -0.3 is 42.0 Å². The van der Waals surface area contributed by atoms with Crippen LogP contribution in [0.4, 0.5) is 0 Å². The molecule has 5 unspecified atom stereocenters. The SMILES string of the molecule is CCC(C)C(NC(=O)C(Cc1cnc[nH]1)NC(=O)C(N)CO)C(=O)NC(CCC(=O)O)C(=O)O. The lowest BCUT2D eigenvalue weighted by Gasteiger charge is -2.28. The molecular formula is C20H32N6O8. The van der Waals surface area contributed by atoms with E-state index in [1.165, 1.54) is 12.5 Å². The number of aliphatic carboxylic acids is 2. The highest BCUT2D eigenvalue weighted by Gasteiger charge is 2.33. The van der Waals surface area contributed by atoms with Gasteiger partial charge in [-0.15, -0.1) is 0 Å². The lowest BCUT2D eigenvalue weighted by molar-refractivity contribution is -0.143. The Morgan fingerprint density at radius 3 is 2.21 bits per heavy atom. The van der Waals surface area contributed by atoms with E-state index < -0.39 is 72.8 Å². The molecule has 0 aliphatic heterocycles. The molecule has 0 radical (unpaired) electrons. The van der Waals surface area contributed by atoms with Gasteiger partial charge in [-0.1, -0.05) is 20.3 Å². The smallest absolute Gasteiger partial charge is 0.326 e. The summed E-state index contributed by atoms with van der Waals surface area (Å²) in [4.78, 5) is 67.0. The third-order valence-electron chi connectivity index (χ3n) is 5.20. The Labute approximate surface area is 195 Å². The predicted octanol–water partition coefficient (Wildman–Crippen LogP) is -2.28. The number of aliphatic hydroxyl groups excluding tert-OH is 1. The second-order valence-corrected chi connectivity index (χ2v) is 7.83. The molecule has 3 amide bonds. The first-order valence-corrected chi connectivity index (χ1v) is 10.7. The average molecular weight is 485 g/mol. The Hall–Kier alpha value is -3.52. The number of rotatable bonds is 15. The van der Waals surface area contributed by atoms with Gasteiger partial charge in [0.1, 0.15) is 24.2 Å². The number of imidazole rings is 1. The molecule has 0 saturated heterocycles. The van der Waals surface area contributed by atoms with Gasteiger partial charge in [-0.3, -0.25) is 19.2 Å². The zero-order chi connectivity index (χ0) is 25.8. The summed E-state index contributed by atoms with van der Waals surface area (Å²) >= 11 is 0. The van der Waals surface area contributed by atoms with Crippen LogP contribution in [0, 0.1) is 5.92 Å². The minimum atomic E-state index is -1.46. The summed E-state index contributed by atoms with van der Waals surface area (Å²) in [5.74, 6) is -5.39. The molecule has 1 heterocycles. The number of hydrogen-bond acceptors (Lipinski definition) is 8. The third kappa shape index (κ3) is 9.15. The van der Waals surface area contributed by atoms with Crippen molar-refractivity contribution in [1.82, 2.24) is 25.9 Å². The quantitative estimate of drug-likeness (QED) is 0.133. The number of hydrogen-bond donors (Lipinski definition) is 8. The summed E-state index contributed by atoms with van der Waals surface area (Å²) in [7, 11) is 0. The monoisotopic (exact) mass is 484 g/mol. The van der Waals surface area contributed by atoms with Gasteiger partial charge in [-0.25, -0.2) is 9.78 Å². The zero-order valence-corrected chi connectivity index (χ0v) is 19.0. The number of aromatic amines is 1. The van der Waals surface area contributed by atoms with Crippen molar-refractivity contribution in [3.8, 4) is 0 Å². The summed E-state index contributed by atoms with van der Waals surface area (Å²) in [6.07, 6.45) is 2.43. The van der Waals surface area contributed by atoms with E-state index in [1.807, 2.05) is 0 Å². The summed E-state index contributed by atoms with van der Waals surface area (Å²) in [5.41, 5.74) is 6.02.